The number of aliphatic hydroxyl groups is 2. The second-order valence-corrected chi connectivity index (χ2v) is 5.89. The van der Waals surface area contributed by atoms with Crippen LogP contribution in [0.25, 0.3) is 0 Å². The Morgan fingerprint density at radius 3 is 2.60 bits per heavy atom. The summed E-state index contributed by atoms with van der Waals surface area (Å²) in [7, 11) is 0. The van der Waals surface area contributed by atoms with Gasteiger partial charge in [-0.3, -0.25) is 15.0 Å². The summed E-state index contributed by atoms with van der Waals surface area (Å²) in [4.78, 5) is 15.5. The molecule has 0 amide bonds. The summed E-state index contributed by atoms with van der Waals surface area (Å²) in [5.41, 5.74) is 0.0708. The van der Waals surface area contributed by atoms with Crippen molar-refractivity contribution in [2.24, 2.45) is 0 Å². The topological polar surface area (TPSA) is 90.1 Å². The SMILES string of the molecule is CC(O)c1cc([N+](=O)[O-])c(N2CCN(CCO)CC2)s1. The van der Waals surface area contributed by atoms with Crippen LogP contribution in [0.15, 0.2) is 6.07 Å². The van der Waals surface area contributed by atoms with E-state index in [1.807, 2.05) is 4.90 Å². The van der Waals surface area contributed by atoms with Crippen LogP contribution in [0.3, 0.4) is 0 Å². The first-order valence-electron chi connectivity index (χ1n) is 6.57. The molecule has 1 aliphatic heterocycles. The van der Waals surface area contributed by atoms with Crippen LogP contribution in [-0.2, 0) is 0 Å². The number of thiophene rings is 1. The van der Waals surface area contributed by atoms with Gasteiger partial charge in [0.05, 0.1) is 17.6 Å². The van der Waals surface area contributed by atoms with Crippen molar-refractivity contribution in [3.05, 3.63) is 21.1 Å². The Balaban J connectivity index is 2.14. The van der Waals surface area contributed by atoms with E-state index in [4.69, 9.17) is 5.11 Å². The molecule has 0 bridgehead atoms. The van der Waals surface area contributed by atoms with Crippen molar-refractivity contribution in [2.75, 3.05) is 44.2 Å². The van der Waals surface area contributed by atoms with Gasteiger partial charge >= 0.3 is 5.69 Å². The Morgan fingerprint density at radius 2 is 2.10 bits per heavy atom. The lowest BCUT2D eigenvalue weighted by Crippen LogP contribution is -2.47. The van der Waals surface area contributed by atoms with Gasteiger partial charge in [0.15, 0.2) is 5.00 Å². The first kappa shape index (κ1) is 15.2. The Labute approximate surface area is 121 Å². The smallest absolute Gasteiger partial charge is 0.304 e. The highest BCUT2D eigenvalue weighted by molar-refractivity contribution is 7.16. The van der Waals surface area contributed by atoms with Gasteiger partial charge < -0.3 is 15.1 Å². The number of nitro groups is 1. The summed E-state index contributed by atoms with van der Waals surface area (Å²) in [5.74, 6) is 0. The lowest BCUT2D eigenvalue weighted by Gasteiger charge is -2.34. The van der Waals surface area contributed by atoms with Crippen LogP contribution in [0.2, 0.25) is 0 Å². The quantitative estimate of drug-likeness (QED) is 0.618. The average Bonchev–Trinajstić information content (AvgIpc) is 2.85. The van der Waals surface area contributed by atoms with Gasteiger partial charge in [-0.1, -0.05) is 0 Å². The maximum Gasteiger partial charge on any atom is 0.304 e. The van der Waals surface area contributed by atoms with Crippen molar-refractivity contribution in [1.82, 2.24) is 4.90 Å². The summed E-state index contributed by atoms with van der Waals surface area (Å²) in [6.45, 7) is 5.32. The number of β-amino-alcohol motifs (C(OH)–C–C–N with tert-alkyl or cyclic N) is 1. The van der Waals surface area contributed by atoms with Crippen molar-refractivity contribution < 1.29 is 15.1 Å². The predicted octanol–water partition coefficient (Wildman–Crippen LogP) is 0.824. The van der Waals surface area contributed by atoms with E-state index in [2.05, 4.69) is 4.90 Å². The van der Waals surface area contributed by atoms with Crippen LogP contribution in [0.5, 0.6) is 0 Å². The van der Waals surface area contributed by atoms with Gasteiger partial charge in [-0.2, -0.15) is 0 Å². The fourth-order valence-corrected chi connectivity index (χ4v) is 3.38. The molecular formula is C12H19N3O4S. The molecule has 112 valence electrons. The first-order valence-corrected chi connectivity index (χ1v) is 7.39. The molecule has 1 atom stereocenters. The molecular weight excluding hydrogens is 282 g/mol. The Morgan fingerprint density at radius 1 is 1.45 bits per heavy atom. The molecule has 2 heterocycles. The number of nitrogens with zero attached hydrogens (tertiary/aromatic N) is 3. The molecule has 0 saturated carbocycles. The van der Waals surface area contributed by atoms with Gasteiger partial charge in [-0.25, -0.2) is 0 Å². The van der Waals surface area contributed by atoms with E-state index in [0.29, 0.717) is 29.5 Å². The zero-order valence-corrected chi connectivity index (χ0v) is 12.2. The molecule has 1 aliphatic rings. The summed E-state index contributed by atoms with van der Waals surface area (Å²) >= 11 is 1.28. The van der Waals surface area contributed by atoms with Crippen molar-refractivity contribution in [2.45, 2.75) is 13.0 Å². The molecule has 1 aromatic heterocycles. The van der Waals surface area contributed by atoms with E-state index in [0.717, 1.165) is 13.1 Å². The van der Waals surface area contributed by atoms with E-state index in [9.17, 15) is 15.2 Å². The molecule has 20 heavy (non-hydrogen) atoms. The summed E-state index contributed by atoms with van der Waals surface area (Å²) in [6.07, 6.45) is -0.692. The van der Waals surface area contributed by atoms with Crippen molar-refractivity contribution in [3.63, 3.8) is 0 Å². The predicted molar refractivity (Wildman–Crippen MR) is 77.3 cm³/mol. The molecule has 1 aromatic rings. The van der Waals surface area contributed by atoms with Crippen LogP contribution in [-0.4, -0.2) is 59.4 Å². The van der Waals surface area contributed by atoms with Gasteiger partial charge in [0.25, 0.3) is 0 Å². The van der Waals surface area contributed by atoms with Gasteiger partial charge in [0, 0.05) is 43.7 Å². The maximum atomic E-state index is 11.1. The molecule has 1 unspecified atom stereocenters. The van der Waals surface area contributed by atoms with Crippen LogP contribution in [0, 0.1) is 10.1 Å². The first-order chi connectivity index (χ1) is 9.52. The number of hydrogen-bond donors (Lipinski definition) is 2. The lowest BCUT2D eigenvalue weighted by atomic mass is 10.3. The van der Waals surface area contributed by atoms with E-state index < -0.39 is 11.0 Å². The van der Waals surface area contributed by atoms with E-state index in [-0.39, 0.29) is 12.3 Å². The number of aliphatic hydroxyl groups excluding tert-OH is 2. The third-order valence-electron chi connectivity index (χ3n) is 3.40. The molecule has 2 N–H and O–H groups in total. The average molecular weight is 301 g/mol. The fraction of sp³-hybridized carbons (Fsp3) is 0.667. The molecule has 1 fully saturated rings. The molecule has 1 saturated heterocycles. The van der Waals surface area contributed by atoms with Crippen LogP contribution in [0.4, 0.5) is 10.7 Å². The van der Waals surface area contributed by atoms with E-state index in [1.54, 1.807) is 6.92 Å². The van der Waals surface area contributed by atoms with Crippen LogP contribution in [0.1, 0.15) is 17.9 Å². The highest BCUT2D eigenvalue weighted by Crippen LogP contribution is 2.40. The van der Waals surface area contributed by atoms with Crippen LogP contribution >= 0.6 is 11.3 Å². The van der Waals surface area contributed by atoms with E-state index in [1.165, 1.54) is 17.4 Å². The van der Waals surface area contributed by atoms with Crippen molar-refractivity contribution in [1.29, 1.82) is 0 Å². The van der Waals surface area contributed by atoms with Gasteiger partial charge in [0.1, 0.15) is 0 Å². The zero-order chi connectivity index (χ0) is 14.7. The second-order valence-electron chi connectivity index (χ2n) is 4.82. The van der Waals surface area contributed by atoms with Gasteiger partial charge in [-0.15, -0.1) is 11.3 Å². The zero-order valence-electron chi connectivity index (χ0n) is 11.4. The molecule has 2 rings (SSSR count). The molecule has 0 aromatic carbocycles. The second kappa shape index (κ2) is 6.49. The normalized spacial score (nSPS) is 18.2. The maximum absolute atomic E-state index is 11.1. The van der Waals surface area contributed by atoms with Crippen molar-refractivity contribution in [3.8, 4) is 0 Å². The molecule has 0 radical (unpaired) electrons. The third kappa shape index (κ3) is 3.26. The standard InChI is InChI=1S/C12H19N3O4S/c1-9(17)11-8-10(15(18)19)12(20-11)14-4-2-13(3-5-14)6-7-16/h8-9,16-17H,2-7H2,1H3. The molecule has 0 aliphatic carbocycles. The summed E-state index contributed by atoms with van der Waals surface area (Å²) < 4.78 is 0. The van der Waals surface area contributed by atoms with Crippen LogP contribution < -0.4 is 4.90 Å². The molecule has 7 nitrogen and oxygen atoms in total. The lowest BCUT2D eigenvalue weighted by molar-refractivity contribution is -0.383. The number of piperazine rings is 1. The highest BCUT2D eigenvalue weighted by Gasteiger charge is 2.27. The Hall–Kier alpha value is -1.22. The molecule has 8 heteroatoms. The third-order valence-corrected chi connectivity index (χ3v) is 4.75. The van der Waals surface area contributed by atoms with Crippen molar-refractivity contribution >= 4 is 22.0 Å². The number of anilines is 1. The minimum atomic E-state index is -0.692. The Bertz CT molecular complexity index is 469. The largest absolute Gasteiger partial charge is 0.395 e. The van der Waals surface area contributed by atoms with E-state index >= 15 is 0 Å². The highest BCUT2D eigenvalue weighted by atomic mass is 32.1. The minimum Gasteiger partial charge on any atom is -0.395 e. The number of rotatable bonds is 5. The minimum absolute atomic E-state index is 0.0708. The molecule has 0 spiro atoms. The monoisotopic (exact) mass is 301 g/mol. The number of hydrogen-bond acceptors (Lipinski definition) is 7. The summed E-state index contributed by atoms with van der Waals surface area (Å²) in [6, 6.07) is 1.46. The summed E-state index contributed by atoms with van der Waals surface area (Å²) in [5, 5.41) is 30.2. The fourth-order valence-electron chi connectivity index (χ4n) is 2.27. The van der Waals surface area contributed by atoms with Gasteiger partial charge in [0.2, 0.25) is 0 Å². The Kier molecular flexibility index (Phi) is 4.92. The van der Waals surface area contributed by atoms with Gasteiger partial charge in [-0.05, 0) is 6.92 Å².